The van der Waals surface area contributed by atoms with E-state index in [4.69, 9.17) is 5.11 Å². The Morgan fingerprint density at radius 2 is 2.00 bits per heavy atom. The summed E-state index contributed by atoms with van der Waals surface area (Å²) in [6.07, 6.45) is 0.440. The molecule has 0 saturated carbocycles. The third kappa shape index (κ3) is 4.24. The molecule has 2 N–H and O–H groups in total. The Kier molecular flexibility index (Phi) is 5.35. The van der Waals surface area contributed by atoms with Gasteiger partial charge in [-0.1, -0.05) is 26.0 Å². The number of benzene rings is 1. The van der Waals surface area contributed by atoms with E-state index in [0.717, 1.165) is 0 Å². The second-order valence-electron chi connectivity index (χ2n) is 4.35. The van der Waals surface area contributed by atoms with Crippen molar-refractivity contribution in [2.24, 2.45) is 5.92 Å². The first-order valence-electron chi connectivity index (χ1n) is 6.17. The zero-order valence-corrected chi connectivity index (χ0v) is 11.9. The van der Waals surface area contributed by atoms with Crippen LogP contribution in [0.1, 0.15) is 20.3 Å². The van der Waals surface area contributed by atoms with E-state index in [-0.39, 0.29) is 10.6 Å². The minimum atomic E-state index is -3.27. The molecule has 0 heterocycles. The average molecular weight is 285 g/mol. The Morgan fingerprint density at radius 3 is 2.58 bits per heavy atom. The third-order valence-corrected chi connectivity index (χ3v) is 4.70. The molecule has 5 nitrogen and oxygen atoms in total. The summed E-state index contributed by atoms with van der Waals surface area (Å²) in [5, 5.41) is 11.8. The van der Waals surface area contributed by atoms with Crippen molar-refractivity contribution in [2.45, 2.75) is 25.2 Å². The Bertz CT molecular complexity index is 539. The summed E-state index contributed by atoms with van der Waals surface area (Å²) in [5.74, 6) is -1.27. The van der Waals surface area contributed by atoms with Crippen LogP contribution in [0.15, 0.2) is 29.2 Å². The van der Waals surface area contributed by atoms with Crippen molar-refractivity contribution < 1.29 is 18.3 Å². The standard InChI is InChI=1S/C13H19NO4S/c1-3-19(17,18)12-7-5-4-6-11(12)14-9-8-10(2)13(15)16/h4-7,10,14H,3,8-9H2,1-2H3,(H,15,16). The van der Waals surface area contributed by atoms with E-state index >= 15 is 0 Å². The molecule has 1 aromatic carbocycles. The van der Waals surface area contributed by atoms with Crippen molar-refractivity contribution in [1.29, 1.82) is 0 Å². The Labute approximate surface area is 113 Å². The number of hydrogen-bond acceptors (Lipinski definition) is 4. The van der Waals surface area contributed by atoms with Gasteiger partial charge in [0.15, 0.2) is 9.84 Å². The van der Waals surface area contributed by atoms with E-state index in [1.807, 2.05) is 0 Å². The molecule has 0 aliphatic rings. The van der Waals surface area contributed by atoms with Gasteiger partial charge in [-0.3, -0.25) is 4.79 Å². The molecular weight excluding hydrogens is 266 g/mol. The van der Waals surface area contributed by atoms with Crippen molar-refractivity contribution in [1.82, 2.24) is 0 Å². The SMILES string of the molecule is CCS(=O)(=O)c1ccccc1NCCC(C)C(=O)O. The lowest BCUT2D eigenvalue weighted by Gasteiger charge is -2.12. The van der Waals surface area contributed by atoms with Gasteiger partial charge in [0.25, 0.3) is 0 Å². The molecule has 1 atom stereocenters. The predicted octanol–water partition coefficient (Wildman–Crippen LogP) is 2.00. The number of carboxylic acids is 1. The maximum atomic E-state index is 11.9. The van der Waals surface area contributed by atoms with Gasteiger partial charge in [-0.2, -0.15) is 0 Å². The number of nitrogens with one attached hydrogen (secondary N) is 1. The van der Waals surface area contributed by atoms with Gasteiger partial charge in [0.1, 0.15) is 0 Å². The number of aliphatic carboxylic acids is 1. The van der Waals surface area contributed by atoms with Crippen LogP contribution in [0.2, 0.25) is 0 Å². The molecular formula is C13H19NO4S. The smallest absolute Gasteiger partial charge is 0.306 e. The fourth-order valence-corrected chi connectivity index (χ4v) is 2.66. The van der Waals surface area contributed by atoms with Crippen molar-refractivity contribution in [3.05, 3.63) is 24.3 Å². The molecule has 0 radical (unpaired) electrons. The first kappa shape index (κ1) is 15.5. The van der Waals surface area contributed by atoms with Crippen LogP contribution in [0.25, 0.3) is 0 Å². The molecule has 6 heteroatoms. The van der Waals surface area contributed by atoms with Crippen LogP contribution in [-0.2, 0) is 14.6 Å². The maximum Gasteiger partial charge on any atom is 0.306 e. The molecule has 0 fully saturated rings. The summed E-state index contributed by atoms with van der Waals surface area (Å²) in [7, 11) is -3.27. The van der Waals surface area contributed by atoms with Crippen LogP contribution in [-0.4, -0.2) is 31.8 Å². The predicted molar refractivity (Wildman–Crippen MR) is 74.1 cm³/mol. The highest BCUT2D eigenvalue weighted by Crippen LogP contribution is 2.22. The molecule has 1 unspecified atom stereocenters. The summed E-state index contributed by atoms with van der Waals surface area (Å²) in [6, 6.07) is 6.67. The summed E-state index contributed by atoms with van der Waals surface area (Å²) < 4.78 is 23.8. The van der Waals surface area contributed by atoms with E-state index in [2.05, 4.69) is 5.32 Å². The van der Waals surface area contributed by atoms with Gasteiger partial charge in [-0.05, 0) is 18.6 Å². The number of sulfone groups is 1. The van der Waals surface area contributed by atoms with E-state index in [9.17, 15) is 13.2 Å². The number of para-hydroxylation sites is 1. The topological polar surface area (TPSA) is 83.5 Å². The van der Waals surface area contributed by atoms with Gasteiger partial charge in [0, 0.05) is 6.54 Å². The average Bonchev–Trinajstić information content (AvgIpc) is 2.39. The molecule has 0 amide bonds. The van der Waals surface area contributed by atoms with E-state index in [1.165, 1.54) is 0 Å². The Morgan fingerprint density at radius 1 is 1.37 bits per heavy atom. The monoisotopic (exact) mass is 285 g/mol. The first-order valence-corrected chi connectivity index (χ1v) is 7.82. The van der Waals surface area contributed by atoms with Crippen molar-refractivity contribution in [3.63, 3.8) is 0 Å². The van der Waals surface area contributed by atoms with E-state index in [0.29, 0.717) is 18.7 Å². The molecule has 0 aromatic heterocycles. The molecule has 19 heavy (non-hydrogen) atoms. The zero-order chi connectivity index (χ0) is 14.5. The van der Waals surface area contributed by atoms with Gasteiger partial charge in [-0.25, -0.2) is 8.42 Å². The number of rotatable bonds is 7. The molecule has 0 bridgehead atoms. The van der Waals surface area contributed by atoms with Gasteiger partial charge in [0.05, 0.1) is 22.3 Å². The molecule has 1 rings (SSSR count). The second kappa shape index (κ2) is 6.56. The van der Waals surface area contributed by atoms with Crippen LogP contribution in [0.5, 0.6) is 0 Å². The first-order chi connectivity index (χ1) is 8.88. The van der Waals surface area contributed by atoms with E-state index in [1.54, 1.807) is 38.1 Å². The minimum Gasteiger partial charge on any atom is -0.481 e. The number of anilines is 1. The van der Waals surface area contributed by atoms with Gasteiger partial charge in [-0.15, -0.1) is 0 Å². The number of carbonyl (C=O) groups is 1. The van der Waals surface area contributed by atoms with Gasteiger partial charge < -0.3 is 10.4 Å². The Balaban J connectivity index is 2.77. The highest BCUT2D eigenvalue weighted by atomic mass is 32.2. The quantitative estimate of drug-likeness (QED) is 0.800. The zero-order valence-electron chi connectivity index (χ0n) is 11.1. The molecule has 0 spiro atoms. The lowest BCUT2D eigenvalue weighted by molar-refractivity contribution is -0.141. The highest BCUT2D eigenvalue weighted by molar-refractivity contribution is 7.91. The lowest BCUT2D eigenvalue weighted by Crippen LogP contribution is -2.16. The number of hydrogen-bond donors (Lipinski definition) is 2. The Hall–Kier alpha value is -1.56. The van der Waals surface area contributed by atoms with Crippen molar-refractivity contribution in [2.75, 3.05) is 17.6 Å². The molecule has 0 saturated heterocycles. The fraction of sp³-hybridized carbons (Fsp3) is 0.462. The maximum absolute atomic E-state index is 11.9. The number of carboxylic acid groups (broad SMARTS) is 1. The van der Waals surface area contributed by atoms with Crippen LogP contribution in [0.3, 0.4) is 0 Å². The molecule has 1 aromatic rings. The second-order valence-corrected chi connectivity index (χ2v) is 6.60. The highest BCUT2D eigenvalue weighted by Gasteiger charge is 2.16. The molecule has 0 aliphatic heterocycles. The summed E-state index contributed by atoms with van der Waals surface area (Å²) >= 11 is 0. The van der Waals surface area contributed by atoms with Crippen LogP contribution in [0, 0.1) is 5.92 Å². The van der Waals surface area contributed by atoms with Crippen LogP contribution < -0.4 is 5.32 Å². The summed E-state index contributed by atoms with van der Waals surface area (Å²) in [4.78, 5) is 11.0. The van der Waals surface area contributed by atoms with Crippen LogP contribution >= 0.6 is 0 Å². The van der Waals surface area contributed by atoms with Crippen LogP contribution in [0.4, 0.5) is 5.69 Å². The molecule has 106 valence electrons. The van der Waals surface area contributed by atoms with Crippen molar-refractivity contribution in [3.8, 4) is 0 Å². The van der Waals surface area contributed by atoms with Gasteiger partial charge in [0.2, 0.25) is 0 Å². The lowest BCUT2D eigenvalue weighted by atomic mass is 10.1. The minimum absolute atomic E-state index is 0.0389. The summed E-state index contributed by atoms with van der Waals surface area (Å²) in [6.45, 7) is 3.64. The molecule has 0 aliphatic carbocycles. The normalized spacial score (nSPS) is 12.9. The van der Waals surface area contributed by atoms with Gasteiger partial charge >= 0.3 is 5.97 Å². The largest absolute Gasteiger partial charge is 0.481 e. The van der Waals surface area contributed by atoms with Crippen molar-refractivity contribution >= 4 is 21.5 Å². The fourth-order valence-electron chi connectivity index (χ4n) is 1.59. The summed E-state index contributed by atoms with van der Waals surface area (Å²) in [5.41, 5.74) is 0.530. The third-order valence-electron chi connectivity index (χ3n) is 2.92. The van der Waals surface area contributed by atoms with E-state index < -0.39 is 21.7 Å².